The fourth-order valence-electron chi connectivity index (χ4n) is 2.41. The molecule has 2 amide bonds. The fraction of sp³-hybridized carbons (Fsp3) is 0.167. The van der Waals surface area contributed by atoms with Crippen molar-refractivity contribution in [1.82, 2.24) is 19.7 Å². The van der Waals surface area contributed by atoms with E-state index < -0.39 is 5.91 Å². The molecule has 9 heteroatoms. The first kappa shape index (κ1) is 18.1. The minimum atomic E-state index is -0.454. The molecule has 4 N–H and O–H groups in total. The Morgan fingerprint density at radius 2 is 1.96 bits per heavy atom. The number of hydrogen-bond donors (Lipinski definition) is 3. The molecule has 0 aliphatic rings. The number of hydrogen-bond acceptors (Lipinski definition) is 6. The summed E-state index contributed by atoms with van der Waals surface area (Å²) in [7, 11) is 0. The number of nitrogens with one attached hydrogen (secondary N) is 2. The number of nitrogens with two attached hydrogens (primary N) is 1. The second-order valence-electron chi connectivity index (χ2n) is 5.77. The van der Waals surface area contributed by atoms with Gasteiger partial charge in [0.15, 0.2) is 11.5 Å². The highest BCUT2D eigenvalue weighted by molar-refractivity contribution is 6.05. The number of carbonyl (C=O) groups is 2. The van der Waals surface area contributed by atoms with E-state index in [-0.39, 0.29) is 17.4 Å². The van der Waals surface area contributed by atoms with Gasteiger partial charge < -0.3 is 16.4 Å². The van der Waals surface area contributed by atoms with Crippen molar-refractivity contribution >= 4 is 29.0 Å². The van der Waals surface area contributed by atoms with Gasteiger partial charge in [0.25, 0.3) is 5.91 Å². The lowest BCUT2D eigenvalue weighted by Crippen LogP contribution is -2.16. The van der Waals surface area contributed by atoms with Gasteiger partial charge in [0.05, 0.1) is 18.4 Å². The van der Waals surface area contributed by atoms with E-state index in [1.807, 2.05) is 24.3 Å². The Morgan fingerprint density at radius 1 is 1.15 bits per heavy atom. The lowest BCUT2D eigenvalue weighted by atomic mass is 10.2. The molecule has 0 unspecified atom stereocenters. The summed E-state index contributed by atoms with van der Waals surface area (Å²) in [5.74, 6) is -0.433. The van der Waals surface area contributed by atoms with Gasteiger partial charge in [0.1, 0.15) is 0 Å². The second-order valence-corrected chi connectivity index (χ2v) is 5.77. The molecule has 0 bridgehead atoms. The maximum absolute atomic E-state index is 12.2. The molecule has 0 radical (unpaired) electrons. The van der Waals surface area contributed by atoms with Crippen molar-refractivity contribution in [2.75, 3.05) is 16.4 Å². The van der Waals surface area contributed by atoms with Crippen LogP contribution in [0.15, 0.2) is 49.1 Å². The first-order valence-electron chi connectivity index (χ1n) is 8.34. The predicted octanol–water partition coefficient (Wildman–Crippen LogP) is 1.90. The Balaban J connectivity index is 1.66. The van der Waals surface area contributed by atoms with Crippen molar-refractivity contribution in [1.29, 1.82) is 0 Å². The largest absolute Gasteiger partial charge is 0.382 e. The van der Waals surface area contributed by atoms with Crippen LogP contribution in [0.25, 0.3) is 0 Å². The lowest BCUT2D eigenvalue weighted by Gasteiger charge is -2.07. The Kier molecular flexibility index (Phi) is 5.41. The Morgan fingerprint density at radius 3 is 2.74 bits per heavy atom. The molecule has 0 aliphatic carbocycles. The first-order valence-corrected chi connectivity index (χ1v) is 8.34. The molecule has 0 aliphatic heterocycles. The van der Waals surface area contributed by atoms with Crippen LogP contribution in [0.2, 0.25) is 0 Å². The number of nitrogen functional groups attached to an aromatic ring is 1. The van der Waals surface area contributed by atoms with Crippen molar-refractivity contribution in [3.05, 3.63) is 60.3 Å². The molecule has 0 fully saturated rings. The molecule has 0 atom stereocenters. The van der Waals surface area contributed by atoms with Crippen LogP contribution in [-0.4, -0.2) is 31.6 Å². The van der Waals surface area contributed by atoms with Gasteiger partial charge in [0, 0.05) is 30.7 Å². The van der Waals surface area contributed by atoms with Gasteiger partial charge in [-0.05, 0) is 17.7 Å². The zero-order valence-corrected chi connectivity index (χ0v) is 14.7. The summed E-state index contributed by atoms with van der Waals surface area (Å²) in [5.41, 5.74) is 7.93. The zero-order chi connectivity index (χ0) is 19.2. The third-order valence-electron chi connectivity index (χ3n) is 3.71. The monoisotopic (exact) mass is 365 g/mol. The molecule has 3 aromatic rings. The Labute approximate surface area is 155 Å². The molecular formula is C18H19N7O2. The van der Waals surface area contributed by atoms with Crippen molar-refractivity contribution in [2.45, 2.75) is 19.9 Å². The van der Waals surface area contributed by atoms with Crippen LogP contribution in [0.5, 0.6) is 0 Å². The SMILES string of the molecule is CCC(=O)Nc1cccc(Cn2cc(NC(=O)c3nccnc3N)cn2)c1. The van der Waals surface area contributed by atoms with E-state index in [2.05, 4.69) is 25.7 Å². The van der Waals surface area contributed by atoms with Gasteiger partial charge in [-0.25, -0.2) is 9.97 Å². The predicted molar refractivity (Wildman–Crippen MR) is 101 cm³/mol. The molecule has 0 saturated heterocycles. The van der Waals surface area contributed by atoms with Gasteiger partial charge in [-0.3, -0.25) is 14.3 Å². The van der Waals surface area contributed by atoms with Crippen LogP contribution in [0.1, 0.15) is 29.4 Å². The molecule has 0 saturated carbocycles. The van der Waals surface area contributed by atoms with Gasteiger partial charge in [-0.1, -0.05) is 19.1 Å². The van der Waals surface area contributed by atoms with Gasteiger partial charge >= 0.3 is 0 Å². The summed E-state index contributed by atoms with van der Waals surface area (Å²) >= 11 is 0. The third kappa shape index (κ3) is 4.66. The van der Waals surface area contributed by atoms with Crippen LogP contribution in [0.4, 0.5) is 17.2 Å². The first-order chi connectivity index (χ1) is 13.0. The maximum atomic E-state index is 12.2. The summed E-state index contributed by atoms with van der Waals surface area (Å²) in [6.07, 6.45) is 6.47. The Hall–Kier alpha value is -3.75. The molecule has 27 heavy (non-hydrogen) atoms. The molecule has 0 spiro atoms. The summed E-state index contributed by atoms with van der Waals surface area (Å²) < 4.78 is 1.68. The molecule has 2 aromatic heterocycles. The molecular weight excluding hydrogens is 346 g/mol. The van der Waals surface area contributed by atoms with Gasteiger partial charge in [-0.2, -0.15) is 5.10 Å². The third-order valence-corrected chi connectivity index (χ3v) is 3.71. The van der Waals surface area contributed by atoms with Gasteiger partial charge in [0.2, 0.25) is 5.91 Å². The average Bonchev–Trinajstić information content (AvgIpc) is 3.09. The molecule has 9 nitrogen and oxygen atoms in total. The highest BCUT2D eigenvalue weighted by atomic mass is 16.2. The minimum absolute atomic E-state index is 0.0421. The van der Waals surface area contributed by atoms with E-state index in [9.17, 15) is 9.59 Å². The van der Waals surface area contributed by atoms with E-state index in [0.717, 1.165) is 11.3 Å². The molecule has 3 rings (SSSR count). The van der Waals surface area contributed by atoms with E-state index in [4.69, 9.17) is 5.73 Å². The van der Waals surface area contributed by atoms with Crippen molar-refractivity contribution < 1.29 is 9.59 Å². The quantitative estimate of drug-likeness (QED) is 0.612. The highest BCUT2D eigenvalue weighted by Crippen LogP contribution is 2.14. The highest BCUT2D eigenvalue weighted by Gasteiger charge is 2.13. The van der Waals surface area contributed by atoms with E-state index >= 15 is 0 Å². The number of nitrogens with zero attached hydrogens (tertiary/aromatic N) is 4. The number of aromatic nitrogens is 4. The van der Waals surface area contributed by atoms with Crippen molar-refractivity contribution in [3.63, 3.8) is 0 Å². The number of anilines is 3. The number of carbonyl (C=O) groups excluding carboxylic acids is 2. The van der Waals surface area contributed by atoms with Gasteiger partial charge in [-0.15, -0.1) is 0 Å². The van der Waals surface area contributed by atoms with Crippen LogP contribution in [-0.2, 0) is 11.3 Å². The average molecular weight is 365 g/mol. The molecule has 1 aromatic carbocycles. The van der Waals surface area contributed by atoms with Crippen LogP contribution >= 0.6 is 0 Å². The molecule has 2 heterocycles. The van der Waals surface area contributed by atoms with Crippen LogP contribution < -0.4 is 16.4 Å². The second kappa shape index (κ2) is 8.09. The fourth-order valence-corrected chi connectivity index (χ4v) is 2.41. The summed E-state index contributed by atoms with van der Waals surface area (Å²) in [4.78, 5) is 31.5. The number of benzene rings is 1. The van der Waals surface area contributed by atoms with E-state index in [0.29, 0.717) is 18.7 Å². The number of rotatable bonds is 6. The van der Waals surface area contributed by atoms with Crippen molar-refractivity contribution in [2.24, 2.45) is 0 Å². The van der Waals surface area contributed by atoms with E-state index in [1.165, 1.54) is 18.6 Å². The minimum Gasteiger partial charge on any atom is -0.382 e. The zero-order valence-electron chi connectivity index (χ0n) is 14.7. The smallest absolute Gasteiger partial charge is 0.278 e. The number of amides is 2. The summed E-state index contributed by atoms with van der Waals surface area (Å²) in [6.45, 7) is 2.28. The molecule has 138 valence electrons. The van der Waals surface area contributed by atoms with E-state index in [1.54, 1.807) is 17.8 Å². The Bertz CT molecular complexity index is 968. The summed E-state index contributed by atoms with van der Waals surface area (Å²) in [6, 6.07) is 7.51. The lowest BCUT2D eigenvalue weighted by molar-refractivity contribution is -0.115. The van der Waals surface area contributed by atoms with Crippen molar-refractivity contribution in [3.8, 4) is 0 Å². The normalized spacial score (nSPS) is 10.4. The maximum Gasteiger partial charge on any atom is 0.278 e. The van der Waals surface area contributed by atoms with Crippen LogP contribution in [0, 0.1) is 0 Å². The van der Waals surface area contributed by atoms with Crippen LogP contribution in [0.3, 0.4) is 0 Å². The summed E-state index contributed by atoms with van der Waals surface area (Å²) in [5, 5.41) is 9.75. The standard InChI is InChI=1S/C18H19N7O2/c1-2-15(26)23-13-5-3-4-12(8-13)10-25-11-14(9-22-25)24-18(27)16-17(19)21-7-6-20-16/h3-9,11H,2,10H2,1H3,(H2,19,21)(H,23,26)(H,24,27). The topological polar surface area (TPSA) is 128 Å².